The molecule has 1 atom stereocenters. The summed E-state index contributed by atoms with van der Waals surface area (Å²) in [4.78, 5) is 19.8. The summed E-state index contributed by atoms with van der Waals surface area (Å²) in [5.41, 5.74) is 0. The highest BCUT2D eigenvalue weighted by Crippen LogP contribution is 2.38. The molecule has 1 N–H and O–H groups in total. The lowest BCUT2D eigenvalue weighted by Gasteiger charge is -2.19. The van der Waals surface area contributed by atoms with Crippen molar-refractivity contribution in [2.24, 2.45) is 0 Å². The van der Waals surface area contributed by atoms with Gasteiger partial charge in [0.1, 0.15) is 17.5 Å². The number of rotatable bonds is 6. The normalized spacial score (nSPS) is 19.8. The van der Waals surface area contributed by atoms with Gasteiger partial charge in [0.2, 0.25) is 5.88 Å². The number of aromatic nitrogens is 4. The van der Waals surface area contributed by atoms with Crippen LogP contribution in [0.1, 0.15) is 31.0 Å². The van der Waals surface area contributed by atoms with Crippen molar-refractivity contribution >= 4 is 11.6 Å². The molecule has 8 heteroatoms. The van der Waals surface area contributed by atoms with Crippen LogP contribution in [0.25, 0.3) is 0 Å². The Morgan fingerprint density at radius 1 is 1.12 bits per heavy atom. The fourth-order valence-corrected chi connectivity index (χ4v) is 3.04. The van der Waals surface area contributed by atoms with Gasteiger partial charge in [0.05, 0.1) is 14.2 Å². The lowest BCUT2D eigenvalue weighted by atomic mass is 10.2. The van der Waals surface area contributed by atoms with Gasteiger partial charge < -0.3 is 19.7 Å². The molecule has 1 saturated heterocycles. The Morgan fingerprint density at radius 3 is 2.76 bits per heavy atom. The van der Waals surface area contributed by atoms with Crippen molar-refractivity contribution in [1.82, 2.24) is 19.9 Å². The largest absolute Gasteiger partial charge is 0.481 e. The van der Waals surface area contributed by atoms with Crippen LogP contribution in [0.5, 0.6) is 11.9 Å². The van der Waals surface area contributed by atoms with Crippen molar-refractivity contribution in [3.05, 3.63) is 24.2 Å². The molecule has 2 fully saturated rings. The highest BCUT2D eigenvalue weighted by atomic mass is 16.5. The second kappa shape index (κ2) is 6.70. The van der Waals surface area contributed by atoms with Gasteiger partial charge in [-0.3, -0.25) is 0 Å². The highest BCUT2D eigenvalue weighted by Gasteiger charge is 2.28. The third kappa shape index (κ3) is 3.57. The van der Waals surface area contributed by atoms with E-state index in [4.69, 9.17) is 9.47 Å². The average molecular weight is 342 g/mol. The van der Waals surface area contributed by atoms with E-state index in [1.165, 1.54) is 12.8 Å². The summed E-state index contributed by atoms with van der Waals surface area (Å²) in [5, 5.41) is 3.52. The number of nitrogens with zero attached hydrogens (tertiary/aromatic N) is 5. The minimum absolute atomic E-state index is 0.314. The van der Waals surface area contributed by atoms with Crippen LogP contribution in [-0.2, 0) is 0 Å². The molecule has 0 aromatic carbocycles. The summed E-state index contributed by atoms with van der Waals surface area (Å²) in [6.07, 6.45) is 5.27. The number of anilines is 2. The summed E-state index contributed by atoms with van der Waals surface area (Å²) in [7, 11) is 3.14. The van der Waals surface area contributed by atoms with E-state index in [9.17, 15) is 0 Å². The molecule has 25 heavy (non-hydrogen) atoms. The zero-order chi connectivity index (χ0) is 17.2. The van der Waals surface area contributed by atoms with E-state index in [-0.39, 0.29) is 0 Å². The van der Waals surface area contributed by atoms with Crippen LogP contribution < -0.4 is 19.7 Å². The van der Waals surface area contributed by atoms with Crippen LogP contribution in [-0.4, -0.2) is 53.3 Å². The van der Waals surface area contributed by atoms with Gasteiger partial charge in [-0.1, -0.05) is 0 Å². The van der Waals surface area contributed by atoms with Gasteiger partial charge in [0.15, 0.2) is 0 Å². The Morgan fingerprint density at radius 2 is 2.00 bits per heavy atom. The predicted molar refractivity (Wildman–Crippen MR) is 93.4 cm³/mol. The third-order valence-electron chi connectivity index (χ3n) is 4.54. The van der Waals surface area contributed by atoms with Crippen molar-refractivity contribution in [1.29, 1.82) is 0 Å². The number of methoxy groups -OCH3 is 2. The SMILES string of the molecule is COc1cc(N2CCC(Nc3ccnc(C4CC4)n3)C2)nc(OC)n1. The lowest BCUT2D eigenvalue weighted by Crippen LogP contribution is -2.27. The molecule has 4 rings (SSSR count). The maximum atomic E-state index is 5.23. The molecule has 2 aliphatic rings. The van der Waals surface area contributed by atoms with Gasteiger partial charge >= 0.3 is 6.01 Å². The second-order valence-corrected chi connectivity index (χ2v) is 6.41. The summed E-state index contributed by atoms with van der Waals surface area (Å²) in [6.45, 7) is 1.74. The van der Waals surface area contributed by atoms with Gasteiger partial charge in [-0.25, -0.2) is 9.97 Å². The first-order valence-corrected chi connectivity index (χ1v) is 8.56. The number of hydrogen-bond donors (Lipinski definition) is 1. The van der Waals surface area contributed by atoms with E-state index in [0.29, 0.717) is 23.9 Å². The fraction of sp³-hybridized carbons (Fsp3) is 0.529. The monoisotopic (exact) mass is 342 g/mol. The van der Waals surface area contributed by atoms with E-state index in [2.05, 4.69) is 30.2 Å². The standard InChI is InChI=1S/C17H22N6O2/c1-24-15-9-14(21-17(22-15)25-2)23-8-6-12(10-23)19-13-5-7-18-16(20-13)11-3-4-11/h5,7,9,11-12H,3-4,6,8,10H2,1-2H3,(H,18,19,20). The Bertz CT molecular complexity index is 729. The minimum Gasteiger partial charge on any atom is -0.481 e. The first-order chi connectivity index (χ1) is 12.2. The van der Waals surface area contributed by atoms with Crippen molar-refractivity contribution < 1.29 is 9.47 Å². The van der Waals surface area contributed by atoms with Gasteiger partial charge in [0.25, 0.3) is 0 Å². The molecule has 132 valence electrons. The summed E-state index contributed by atoms with van der Waals surface area (Å²) < 4.78 is 10.4. The van der Waals surface area contributed by atoms with Gasteiger partial charge in [-0.05, 0) is 25.3 Å². The van der Waals surface area contributed by atoms with E-state index in [0.717, 1.165) is 37.0 Å². The average Bonchev–Trinajstić information content (AvgIpc) is 3.41. The summed E-state index contributed by atoms with van der Waals surface area (Å²) in [5.74, 6) is 3.74. The molecule has 1 aliphatic heterocycles. The highest BCUT2D eigenvalue weighted by molar-refractivity contribution is 5.46. The molecule has 1 saturated carbocycles. The molecular formula is C17H22N6O2. The Kier molecular flexibility index (Phi) is 4.25. The minimum atomic E-state index is 0.314. The fourth-order valence-electron chi connectivity index (χ4n) is 3.04. The smallest absolute Gasteiger partial charge is 0.321 e. The maximum Gasteiger partial charge on any atom is 0.321 e. The van der Waals surface area contributed by atoms with E-state index in [1.807, 2.05) is 18.3 Å². The number of hydrogen-bond acceptors (Lipinski definition) is 8. The molecule has 1 unspecified atom stereocenters. The van der Waals surface area contributed by atoms with Crippen LogP contribution in [0.3, 0.4) is 0 Å². The molecular weight excluding hydrogens is 320 g/mol. The maximum absolute atomic E-state index is 5.23. The van der Waals surface area contributed by atoms with Crippen LogP contribution in [0.2, 0.25) is 0 Å². The van der Waals surface area contributed by atoms with Gasteiger partial charge in [-0.15, -0.1) is 0 Å². The Labute approximate surface area is 146 Å². The molecule has 1 aliphatic carbocycles. The number of ether oxygens (including phenoxy) is 2. The zero-order valence-corrected chi connectivity index (χ0v) is 14.5. The first-order valence-electron chi connectivity index (χ1n) is 8.56. The van der Waals surface area contributed by atoms with Crippen molar-refractivity contribution in [3.63, 3.8) is 0 Å². The summed E-state index contributed by atoms with van der Waals surface area (Å²) >= 11 is 0. The predicted octanol–water partition coefficient (Wildman–Crippen LogP) is 1.85. The summed E-state index contributed by atoms with van der Waals surface area (Å²) in [6, 6.07) is 4.40. The third-order valence-corrected chi connectivity index (χ3v) is 4.54. The van der Waals surface area contributed by atoms with E-state index in [1.54, 1.807) is 14.2 Å². The Hall–Kier alpha value is -2.64. The molecule has 8 nitrogen and oxygen atoms in total. The molecule has 2 aromatic heterocycles. The lowest BCUT2D eigenvalue weighted by molar-refractivity contribution is 0.352. The van der Waals surface area contributed by atoms with E-state index < -0.39 is 0 Å². The topological polar surface area (TPSA) is 85.3 Å². The van der Waals surface area contributed by atoms with Crippen LogP contribution in [0.15, 0.2) is 18.3 Å². The number of nitrogens with one attached hydrogen (secondary N) is 1. The quantitative estimate of drug-likeness (QED) is 0.851. The van der Waals surface area contributed by atoms with E-state index >= 15 is 0 Å². The van der Waals surface area contributed by atoms with Crippen molar-refractivity contribution in [2.45, 2.75) is 31.2 Å². The molecule has 2 aromatic rings. The first kappa shape index (κ1) is 15.9. The van der Waals surface area contributed by atoms with Gasteiger partial charge in [-0.2, -0.15) is 9.97 Å². The molecule has 0 spiro atoms. The zero-order valence-electron chi connectivity index (χ0n) is 14.5. The van der Waals surface area contributed by atoms with Crippen LogP contribution in [0, 0.1) is 0 Å². The molecule has 0 bridgehead atoms. The van der Waals surface area contributed by atoms with Crippen molar-refractivity contribution in [2.75, 3.05) is 37.5 Å². The van der Waals surface area contributed by atoms with Crippen LogP contribution >= 0.6 is 0 Å². The van der Waals surface area contributed by atoms with Gasteiger partial charge in [0, 0.05) is 37.3 Å². The molecule has 0 amide bonds. The van der Waals surface area contributed by atoms with Crippen LogP contribution in [0.4, 0.5) is 11.6 Å². The Balaban J connectivity index is 1.43. The molecule has 0 radical (unpaired) electrons. The molecule has 3 heterocycles. The van der Waals surface area contributed by atoms with Crippen molar-refractivity contribution in [3.8, 4) is 11.9 Å². The second-order valence-electron chi connectivity index (χ2n) is 6.41.